The van der Waals surface area contributed by atoms with Crippen molar-refractivity contribution >= 4 is 23.2 Å². The molecule has 9 heteroatoms. The van der Waals surface area contributed by atoms with E-state index in [4.69, 9.17) is 14.0 Å². The van der Waals surface area contributed by atoms with Crippen LogP contribution >= 0.6 is 0 Å². The summed E-state index contributed by atoms with van der Waals surface area (Å²) in [6.07, 6.45) is 0. The molecule has 0 saturated carbocycles. The van der Waals surface area contributed by atoms with Gasteiger partial charge in [-0.05, 0) is 50.2 Å². The van der Waals surface area contributed by atoms with Crippen LogP contribution in [0.15, 0.2) is 53.1 Å². The number of para-hydroxylation sites is 1. The van der Waals surface area contributed by atoms with E-state index in [1.54, 1.807) is 42.5 Å². The van der Waals surface area contributed by atoms with Crippen molar-refractivity contribution in [3.05, 3.63) is 71.1 Å². The van der Waals surface area contributed by atoms with Crippen LogP contribution < -0.4 is 15.4 Å². The molecule has 1 aliphatic rings. The van der Waals surface area contributed by atoms with Gasteiger partial charge in [-0.15, -0.1) is 0 Å². The minimum Gasteiger partial charge on any atom is -0.488 e. The molecular weight excluding hydrogens is 436 g/mol. The molecule has 0 bridgehead atoms. The summed E-state index contributed by atoms with van der Waals surface area (Å²) in [4.78, 5) is 27.2. The molecule has 2 heterocycles. The lowest BCUT2D eigenvalue weighted by Gasteiger charge is -2.25. The molecule has 178 valence electrons. The number of carbonyl (C=O) groups excluding carboxylic acids is 2. The van der Waals surface area contributed by atoms with Crippen molar-refractivity contribution < 1.29 is 23.6 Å². The number of rotatable bonds is 8. The zero-order chi connectivity index (χ0) is 23.9. The number of aryl methyl sites for hydroxylation is 2. The fraction of sp³-hybridized carbons (Fsp3) is 0.320. The van der Waals surface area contributed by atoms with Crippen LogP contribution in [0, 0.1) is 13.8 Å². The van der Waals surface area contributed by atoms with Crippen molar-refractivity contribution in [1.29, 1.82) is 0 Å². The molecular formula is C25H28N4O5. The topological polar surface area (TPSA) is 106 Å². The number of nitrogens with one attached hydrogen (secondary N) is 2. The monoisotopic (exact) mass is 464 g/mol. The Morgan fingerprint density at radius 3 is 2.35 bits per heavy atom. The van der Waals surface area contributed by atoms with Crippen LogP contribution in [0.5, 0.6) is 5.75 Å². The first-order valence-electron chi connectivity index (χ1n) is 11.1. The number of hydrogen-bond acceptors (Lipinski definition) is 7. The highest BCUT2D eigenvalue weighted by Gasteiger charge is 2.16. The van der Waals surface area contributed by atoms with Gasteiger partial charge in [0, 0.05) is 24.5 Å². The normalized spacial score (nSPS) is 13.9. The second-order valence-corrected chi connectivity index (χ2v) is 8.06. The molecule has 0 radical (unpaired) electrons. The maximum absolute atomic E-state index is 12.9. The van der Waals surface area contributed by atoms with Gasteiger partial charge < -0.3 is 24.6 Å². The maximum Gasteiger partial charge on any atom is 0.259 e. The lowest BCUT2D eigenvalue weighted by Crippen LogP contribution is -2.41. The number of hydrogen-bond donors (Lipinski definition) is 2. The minimum absolute atomic E-state index is 0.0805. The standard InChI is InChI=1S/C25H28N4O5/c1-17-22(18(2)34-28-17)16-33-23-6-4-3-5-21(23)25(31)27-20-9-7-19(8-10-20)26-24(30)15-29-11-13-32-14-12-29/h3-10H,11-16H2,1-2H3,(H,26,30)(H,27,31). The Balaban J connectivity index is 1.34. The second kappa shape index (κ2) is 11.0. The lowest BCUT2D eigenvalue weighted by atomic mass is 10.1. The van der Waals surface area contributed by atoms with E-state index in [9.17, 15) is 9.59 Å². The third-order valence-corrected chi connectivity index (χ3v) is 5.58. The zero-order valence-corrected chi connectivity index (χ0v) is 19.3. The molecule has 2 N–H and O–H groups in total. The van der Waals surface area contributed by atoms with Crippen LogP contribution in [0.2, 0.25) is 0 Å². The molecule has 34 heavy (non-hydrogen) atoms. The highest BCUT2D eigenvalue weighted by atomic mass is 16.5. The quantitative estimate of drug-likeness (QED) is 0.526. The highest BCUT2D eigenvalue weighted by Crippen LogP contribution is 2.23. The highest BCUT2D eigenvalue weighted by molar-refractivity contribution is 6.06. The molecule has 2 aromatic carbocycles. The number of nitrogens with zero attached hydrogens (tertiary/aromatic N) is 2. The number of amides is 2. The third-order valence-electron chi connectivity index (χ3n) is 5.58. The lowest BCUT2D eigenvalue weighted by molar-refractivity contribution is -0.118. The van der Waals surface area contributed by atoms with E-state index < -0.39 is 0 Å². The number of morpholine rings is 1. The summed E-state index contributed by atoms with van der Waals surface area (Å²) in [6.45, 7) is 7.06. The smallest absolute Gasteiger partial charge is 0.259 e. The van der Waals surface area contributed by atoms with E-state index >= 15 is 0 Å². The molecule has 0 atom stereocenters. The Morgan fingerprint density at radius 1 is 1.00 bits per heavy atom. The summed E-state index contributed by atoms with van der Waals surface area (Å²) in [6, 6.07) is 14.1. The Bertz CT molecular complexity index is 1120. The van der Waals surface area contributed by atoms with Gasteiger partial charge >= 0.3 is 0 Å². The van der Waals surface area contributed by atoms with E-state index in [1.807, 2.05) is 19.9 Å². The van der Waals surface area contributed by atoms with Gasteiger partial charge in [0.2, 0.25) is 5.91 Å². The van der Waals surface area contributed by atoms with Gasteiger partial charge in [-0.25, -0.2) is 0 Å². The first-order chi connectivity index (χ1) is 16.5. The van der Waals surface area contributed by atoms with Gasteiger partial charge in [-0.3, -0.25) is 14.5 Å². The largest absolute Gasteiger partial charge is 0.488 e. The van der Waals surface area contributed by atoms with E-state index in [0.717, 1.165) is 24.3 Å². The summed E-state index contributed by atoms with van der Waals surface area (Å²) in [7, 11) is 0. The summed E-state index contributed by atoms with van der Waals surface area (Å²) in [5, 5.41) is 9.69. The summed E-state index contributed by atoms with van der Waals surface area (Å²) in [5.41, 5.74) is 3.31. The van der Waals surface area contributed by atoms with Crippen LogP contribution in [0.25, 0.3) is 0 Å². The SMILES string of the molecule is Cc1noc(C)c1COc1ccccc1C(=O)Nc1ccc(NC(=O)CN2CCOCC2)cc1. The predicted octanol–water partition coefficient (Wildman–Crippen LogP) is 3.39. The molecule has 4 rings (SSSR count). The van der Waals surface area contributed by atoms with E-state index in [2.05, 4.69) is 20.7 Å². The summed E-state index contributed by atoms with van der Waals surface area (Å²) < 4.78 is 16.4. The Morgan fingerprint density at radius 2 is 1.68 bits per heavy atom. The average Bonchev–Trinajstić information content (AvgIpc) is 3.16. The number of benzene rings is 2. The zero-order valence-electron chi connectivity index (χ0n) is 19.3. The Kier molecular flexibility index (Phi) is 7.56. The Hall–Kier alpha value is -3.69. The van der Waals surface area contributed by atoms with Gasteiger partial charge in [-0.2, -0.15) is 0 Å². The number of aromatic nitrogens is 1. The molecule has 1 fully saturated rings. The number of ether oxygens (including phenoxy) is 2. The maximum atomic E-state index is 12.9. The fourth-order valence-corrected chi connectivity index (χ4v) is 3.64. The number of carbonyl (C=O) groups is 2. The molecule has 1 aliphatic heterocycles. The fourth-order valence-electron chi connectivity index (χ4n) is 3.64. The van der Waals surface area contributed by atoms with Crippen molar-refractivity contribution in [1.82, 2.24) is 10.1 Å². The van der Waals surface area contributed by atoms with Gasteiger partial charge in [-0.1, -0.05) is 17.3 Å². The summed E-state index contributed by atoms with van der Waals surface area (Å²) in [5.74, 6) is 0.782. The van der Waals surface area contributed by atoms with Crippen molar-refractivity contribution in [3.8, 4) is 5.75 Å². The molecule has 0 aliphatic carbocycles. The van der Waals surface area contributed by atoms with E-state index in [-0.39, 0.29) is 18.4 Å². The second-order valence-electron chi connectivity index (χ2n) is 8.06. The predicted molar refractivity (Wildman–Crippen MR) is 127 cm³/mol. The van der Waals surface area contributed by atoms with Crippen LogP contribution in [0.1, 0.15) is 27.4 Å². The van der Waals surface area contributed by atoms with Gasteiger partial charge in [0.05, 0.1) is 36.6 Å². The average molecular weight is 465 g/mol. The first-order valence-corrected chi connectivity index (χ1v) is 11.1. The summed E-state index contributed by atoms with van der Waals surface area (Å²) >= 11 is 0. The number of anilines is 2. The van der Waals surface area contributed by atoms with Crippen LogP contribution in [-0.4, -0.2) is 54.7 Å². The van der Waals surface area contributed by atoms with Crippen LogP contribution in [-0.2, 0) is 16.1 Å². The Labute approximate surface area is 198 Å². The van der Waals surface area contributed by atoms with Crippen LogP contribution in [0.3, 0.4) is 0 Å². The minimum atomic E-state index is -0.293. The van der Waals surface area contributed by atoms with Gasteiger partial charge in [0.1, 0.15) is 18.1 Å². The van der Waals surface area contributed by atoms with Crippen molar-refractivity contribution in [2.45, 2.75) is 20.5 Å². The molecule has 1 aromatic heterocycles. The van der Waals surface area contributed by atoms with E-state index in [0.29, 0.717) is 48.2 Å². The van der Waals surface area contributed by atoms with Crippen LogP contribution in [0.4, 0.5) is 11.4 Å². The van der Waals surface area contributed by atoms with Crippen molar-refractivity contribution in [2.24, 2.45) is 0 Å². The molecule has 2 amide bonds. The molecule has 0 unspecified atom stereocenters. The molecule has 3 aromatic rings. The van der Waals surface area contributed by atoms with Crippen molar-refractivity contribution in [3.63, 3.8) is 0 Å². The van der Waals surface area contributed by atoms with Crippen molar-refractivity contribution in [2.75, 3.05) is 43.5 Å². The molecule has 9 nitrogen and oxygen atoms in total. The van der Waals surface area contributed by atoms with Gasteiger partial charge in [0.15, 0.2) is 0 Å². The van der Waals surface area contributed by atoms with E-state index in [1.165, 1.54) is 0 Å². The molecule has 0 spiro atoms. The third kappa shape index (κ3) is 6.00. The first kappa shape index (κ1) is 23.5. The molecule has 1 saturated heterocycles. The van der Waals surface area contributed by atoms with Gasteiger partial charge in [0.25, 0.3) is 5.91 Å².